The van der Waals surface area contributed by atoms with Crippen LogP contribution in [0, 0.1) is 17.3 Å². The standard InChI is InChI=1S/C26H36F3N3O3/c1-17(2)25(8-4-21(14-25)31-9-5-18(6-10-31)12-23(33)35-3)24(34)32-11-7-22-19(16-32)13-20(15-30-22)26(27,28)29/h13,15,17-18,21H,4-12,14,16H2,1-3H3. The number of nitrogens with zero attached hydrogens (tertiary/aromatic N) is 3. The maximum atomic E-state index is 13.9. The Labute approximate surface area is 205 Å². The lowest BCUT2D eigenvalue weighted by atomic mass is 9.73. The van der Waals surface area contributed by atoms with Crippen molar-refractivity contribution in [1.82, 2.24) is 14.8 Å². The molecule has 35 heavy (non-hydrogen) atoms. The number of carbonyl (C=O) groups is 2. The Hall–Kier alpha value is -2.16. The SMILES string of the molecule is COC(=O)CC1CCN(C2CCC(C(=O)N3CCc4ncc(C(F)(F)F)cc4C3)(C(C)C)C2)CC1. The molecule has 1 aliphatic carbocycles. The molecule has 6 nitrogen and oxygen atoms in total. The molecule has 2 unspecified atom stereocenters. The first kappa shape index (κ1) is 25.9. The van der Waals surface area contributed by atoms with Crippen LogP contribution < -0.4 is 0 Å². The summed E-state index contributed by atoms with van der Waals surface area (Å²) >= 11 is 0. The predicted octanol–water partition coefficient (Wildman–Crippen LogP) is 4.46. The smallest absolute Gasteiger partial charge is 0.417 e. The van der Waals surface area contributed by atoms with Gasteiger partial charge in [-0.1, -0.05) is 13.8 Å². The van der Waals surface area contributed by atoms with E-state index in [1.165, 1.54) is 7.11 Å². The highest BCUT2D eigenvalue weighted by Gasteiger charge is 2.51. The number of carbonyl (C=O) groups excluding carboxylic acids is 2. The Morgan fingerprint density at radius 2 is 1.91 bits per heavy atom. The highest BCUT2D eigenvalue weighted by Crippen LogP contribution is 2.48. The number of amides is 1. The van der Waals surface area contributed by atoms with Gasteiger partial charge in [0, 0.05) is 43.9 Å². The number of esters is 1. The number of halogens is 3. The van der Waals surface area contributed by atoms with E-state index in [4.69, 9.17) is 4.74 Å². The van der Waals surface area contributed by atoms with Gasteiger partial charge in [0.2, 0.25) is 5.91 Å². The lowest BCUT2D eigenvalue weighted by molar-refractivity contribution is -0.146. The first-order valence-corrected chi connectivity index (χ1v) is 12.7. The number of aromatic nitrogens is 1. The Balaban J connectivity index is 1.43. The normalized spacial score (nSPS) is 26.1. The lowest BCUT2D eigenvalue weighted by Gasteiger charge is -2.41. The molecule has 0 spiro atoms. The van der Waals surface area contributed by atoms with Crippen molar-refractivity contribution in [3.63, 3.8) is 0 Å². The van der Waals surface area contributed by atoms with Gasteiger partial charge in [-0.05, 0) is 68.7 Å². The van der Waals surface area contributed by atoms with Crippen LogP contribution in [0.25, 0.3) is 0 Å². The summed E-state index contributed by atoms with van der Waals surface area (Å²) in [4.78, 5) is 33.8. The van der Waals surface area contributed by atoms with E-state index in [1.54, 1.807) is 4.90 Å². The number of pyridine rings is 1. The lowest BCUT2D eigenvalue weighted by Crippen LogP contribution is -2.49. The second-order valence-corrected chi connectivity index (χ2v) is 10.8. The molecule has 194 valence electrons. The van der Waals surface area contributed by atoms with E-state index in [1.807, 2.05) is 0 Å². The quantitative estimate of drug-likeness (QED) is 0.565. The number of likely N-dealkylation sites (tertiary alicyclic amines) is 1. The fourth-order valence-electron chi connectivity index (χ4n) is 6.24. The molecule has 3 aliphatic rings. The maximum Gasteiger partial charge on any atom is 0.417 e. The summed E-state index contributed by atoms with van der Waals surface area (Å²) in [5, 5.41) is 0. The summed E-state index contributed by atoms with van der Waals surface area (Å²) < 4.78 is 44.4. The first-order valence-electron chi connectivity index (χ1n) is 12.7. The van der Waals surface area contributed by atoms with Crippen LogP contribution in [-0.2, 0) is 33.5 Å². The molecular weight excluding hydrogens is 459 g/mol. The van der Waals surface area contributed by atoms with Crippen LogP contribution in [0.2, 0.25) is 0 Å². The van der Waals surface area contributed by atoms with Gasteiger partial charge in [-0.2, -0.15) is 13.2 Å². The first-order chi connectivity index (χ1) is 16.5. The molecular formula is C26H36F3N3O3. The average molecular weight is 496 g/mol. The molecule has 1 saturated heterocycles. The second kappa shape index (κ2) is 10.1. The molecule has 1 aromatic heterocycles. The van der Waals surface area contributed by atoms with Crippen LogP contribution >= 0.6 is 0 Å². The highest BCUT2D eigenvalue weighted by atomic mass is 19.4. The van der Waals surface area contributed by atoms with Crippen molar-refractivity contribution in [2.75, 3.05) is 26.7 Å². The zero-order valence-corrected chi connectivity index (χ0v) is 20.9. The van der Waals surface area contributed by atoms with E-state index in [9.17, 15) is 22.8 Å². The topological polar surface area (TPSA) is 62.7 Å². The van der Waals surface area contributed by atoms with Gasteiger partial charge >= 0.3 is 12.1 Å². The number of fused-ring (bicyclic) bond motifs is 1. The van der Waals surface area contributed by atoms with Crippen LogP contribution in [0.1, 0.15) is 69.2 Å². The van der Waals surface area contributed by atoms with E-state index in [2.05, 4.69) is 23.7 Å². The molecule has 9 heteroatoms. The molecule has 3 heterocycles. The molecule has 0 aromatic carbocycles. The van der Waals surface area contributed by atoms with Gasteiger partial charge in [-0.3, -0.25) is 14.6 Å². The molecule has 0 radical (unpaired) electrons. The van der Waals surface area contributed by atoms with Crippen molar-refractivity contribution in [1.29, 1.82) is 0 Å². The van der Waals surface area contributed by atoms with Gasteiger partial charge in [-0.25, -0.2) is 0 Å². The summed E-state index contributed by atoms with van der Waals surface area (Å²) in [6.45, 7) is 6.68. The summed E-state index contributed by atoms with van der Waals surface area (Å²) in [5.74, 6) is 0.395. The predicted molar refractivity (Wildman–Crippen MR) is 124 cm³/mol. The van der Waals surface area contributed by atoms with Crippen LogP contribution in [0.3, 0.4) is 0 Å². The highest BCUT2D eigenvalue weighted by molar-refractivity contribution is 5.83. The van der Waals surface area contributed by atoms with Crippen LogP contribution in [0.4, 0.5) is 13.2 Å². The van der Waals surface area contributed by atoms with Crippen molar-refractivity contribution >= 4 is 11.9 Å². The zero-order chi connectivity index (χ0) is 25.4. The molecule has 1 saturated carbocycles. The summed E-state index contributed by atoms with van der Waals surface area (Å²) in [6, 6.07) is 1.47. The van der Waals surface area contributed by atoms with Gasteiger partial charge in [0.15, 0.2) is 0 Å². The van der Waals surface area contributed by atoms with Crippen LogP contribution in [-0.4, -0.2) is 59.4 Å². The van der Waals surface area contributed by atoms with Crippen LogP contribution in [0.5, 0.6) is 0 Å². The second-order valence-electron chi connectivity index (χ2n) is 10.8. The fourth-order valence-corrected chi connectivity index (χ4v) is 6.24. The number of hydrogen-bond acceptors (Lipinski definition) is 5. The number of rotatable bonds is 5. The maximum absolute atomic E-state index is 13.9. The number of alkyl halides is 3. The Bertz CT molecular complexity index is 944. The molecule has 0 N–H and O–H groups in total. The number of ether oxygens (including phenoxy) is 1. The Morgan fingerprint density at radius 1 is 1.20 bits per heavy atom. The zero-order valence-electron chi connectivity index (χ0n) is 20.9. The van der Waals surface area contributed by atoms with Crippen molar-refractivity contribution < 1.29 is 27.5 Å². The van der Waals surface area contributed by atoms with Crippen molar-refractivity contribution in [3.05, 3.63) is 29.1 Å². The minimum absolute atomic E-state index is 0.0682. The summed E-state index contributed by atoms with van der Waals surface area (Å²) in [6.07, 6.45) is 1.79. The largest absolute Gasteiger partial charge is 0.469 e. The van der Waals surface area contributed by atoms with Gasteiger partial charge < -0.3 is 14.5 Å². The fraction of sp³-hybridized carbons (Fsp3) is 0.731. The van der Waals surface area contributed by atoms with E-state index in [0.717, 1.165) is 57.5 Å². The van der Waals surface area contributed by atoms with Crippen molar-refractivity contribution in [2.24, 2.45) is 17.3 Å². The monoisotopic (exact) mass is 495 g/mol. The van der Waals surface area contributed by atoms with Crippen LogP contribution in [0.15, 0.2) is 12.3 Å². The summed E-state index contributed by atoms with van der Waals surface area (Å²) in [7, 11) is 1.42. The number of piperidine rings is 1. The minimum atomic E-state index is -4.45. The average Bonchev–Trinajstić information content (AvgIpc) is 3.29. The molecule has 0 bridgehead atoms. The van der Waals surface area contributed by atoms with E-state index >= 15 is 0 Å². The van der Waals surface area contributed by atoms with Gasteiger partial charge in [0.1, 0.15) is 0 Å². The molecule has 2 atom stereocenters. The van der Waals surface area contributed by atoms with Crippen molar-refractivity contribution in [2.45, 2.75) is 77.6 Å². The minimum Gasteiger partial charge on any atom is -0.469 e. The third-order valence-corrected chi connectivity index (χ3v) is 8.56. The number of methoxy groups -OCH3 is 1. The molecule has 1 aromatic rings. The third kappa shape index (κ3) is 5.34. The third-order valence-electron chi connectivity index (χ3n) is 8.56. The van der Waals surface area contributed by atoms with Crippen molar-refractivity contribution in [3.8, 4) is 0 Å². The molecule has 2 aliphatic heterocycles. The van der Waals surface area contributed by atoms with E-state index in [-0.39, 0.29) is 24.3 Å². The van der Waals surface area contributed by atoms with E-state index < -0.39 is 17.2 Å². The summed E-state index contributed by atoms with van der Waals surface area (Å²) in [5.41, 5.74) is -0.110. The Kier molecular flexibility index (Phi) is 7.46. The Morgan fingerprint density at radius 3 is 2.54 bits per heavy atom. The molecule has 4 rings (SSSR count). The van der Waals surface area contributed by atoms with Gasteiger partial charge in [-0.15, -0.1) is 0 Å². The molecule has 1 amide bonds. The van der Waals surface area contributed by atoms with Gasteiger partial charge in [0.05, 0.1) is 18.1 Å². The molecule has 2 fully saturated rings. The van der Waals surface area contributed by atoms with E-state index in [0.29, 0.717) is 42.6 Å². The number of hydrogen-bond donors (Lipinski definition) is 0. The van der Waals surface area contributed by atoms with Gasteiger partial charge in [0.25, 0.3) is 0 Å².